The van der Waals surface area contributed by atoms with Gasteiger partial charge in [0.15, 0.2) is 0 Å². The van der Waals surface area contributed by atoms with Gasteiger partial charge in [-0.15, -0.1) is 0 Å². The lowest BCUT2D eigenvalue weighted by atomic mass is 9.96. The summed E-state index contributed by atoms with van der Waals surface area (Å²) in [5.41, 5.74) is 7.43. The van der Waals surface area contributed by atoms with E-state index in [1.807, 2.05) is 38.1 Å². The summed E-state index contributed by atoms with van der Waals surface area (Å²) in [6.45, 7) is 8.39. The van der Waals surface area contributed by atoms with E-state index in [0.717, 1.165) is 24.1 Å². The van der Waals surface area contributed by atoms with Crippen molar-refractivity contribution < 1.29 is 14.4 Å². The van der Waals surface area contributed by atoms with Crippen molar-refractivity contribution in [2.24, 2.45) is 17.6 Å². The van der Waals surface area contributed by atoms with E-state index in [1.54, 1.807) is 4.90 Å². The molecule has 6 heteroatoms. The molecule has 3 N–H and O–H groups in total. The fourth-order valence-corrected chi connectivity index (χ4v) is 3.49. The van der Waals surface area contributed by atoms with Crippen LogP contribution < -0.4 is 16.0 Å². The number of nitrogens with two attached hydrogens (primary N) is 1. The molecular formula is C21H31N3O3. The van der Waals surface area contributed by atoms with Gasteiger partial charge in [-0.2, -0.15) is 0 Å². The average Bonchev–Trinajstić information content (AvgIpc) is 3.06. The van der Waals surface area contributed by atoms with Gasteiger partial charge in [-0.25, -0.2) is 0 Å². The van der Waals surface area contributed by atoms with Crippen molar-refractivity contribution in [2.75, 3.05) is 11.4 Å². The van der Waals surface area contributed by atoms with Crippen LogP contribution in [0.3, 0.4) is 0 Å². The van der Waals surface area contributed by atoms with Crippen molar-refractivity contribution in [2.45, 2.75) is 58.9 Å². The Kier molecular flexibility index (Phi) is 6.99. The third-order valence-electron chi connectivity index (χ3n) is 5.68. The highest BCUT2D eigenvalue weighted by atomic mass is 16.2. The number of hydrogen-bond donors (Lipinski definition) is 2. The van der Waals surface area contributed by atoms with Crippen LogP contribution in [-0.4, -0.2) is 30.3 Å². The molecule has 1 aliphatic heterocycles. The number of amides is 3. The number of benzene rings is 1. The summed E-state index contributed by atoms with van der Waals surface area (Å²) in [4.78, 5) is 38.7. The van der Waals surface area contributed by atoms with Gasteiger partial charge in [-0.1, -0.05) is 52.3 Å². The predicted octanol–water partition coefficient (Wildman–Crippen LogP) is 2.57. The second kappa shape index (κ2) is 9.02. The van der Waals surface area contributed by atoms with E-state index in [1.165, 1.54) is 0 Å². The summed E-state index contributed by atoms with van der Waals surface area (Å²) in [6.07, 6.45) is 1.84. The lowest BCUT2D eigenvalue weighted by Gasteiger charge is -2.24. The number of nitrogens with one attached hydrogen (secondary N) is 1. The minimum Gasteiger partial charge on any atom is -0.368 e. The van der Waals surface area contributed by atoms with Gasteiger partial charge in [0, 0.05) is 18.7 Å². The van der Waals surface area contributed by atoms with Crippen LogP contribution in [0.4, 0.5) is 5.69 Å². The van der Waals surface area contributed by atoms with E-state index in [-0.39, 0.29) is 24.2 Å². The molecule has 0 bridgehead atoms. The van der Waals surface area contributed by atoms with Gasteiger partial charge in [0.1, 0.15) is 6.04 Å². The van der Waals surface area contributed by atoms with Gasteiger partial charge in [0.05, 0.1) is 5.92 Å². The van der Waals surface area contributed by atoms with Crippen molar-refractivity contribution in [1.29, 1.82) is 0 Å². The highest BCUT2D eigenvalue weighted by Gasteiger charge is 2.37. The molecule has 0 spiro atoms. The van der Waals surface area contributed by atoms with Crippen LogP contribution in [0.5, 0.6) is 0 Å². The van der Waals surface area contributed by atoms with Gasteiger partial charge in [-0.05, 0) is 29.9 Å². The first-order valence-electron chi connectivity index (χ1n) is 9.79. The highest BCUT2D eigenvalue weighted by molar-refractivity contribution is 6.01. The first-order valence-corrected chi connectivity index (χ1v) is 9.79. The maximum absolute atomic E-state index is 12.7. The van der Waals surface area contributed by atoms with Gasteiger partial charge < -0.3 is 16.0 Å². The molecule has 27 heavy (non-hydrogen) atoms. The zero-order valence-corrected chi connectivity index (χ0v) is 16.7. The van der Waals surface area contributed by atoms with Gasteiger partial charge >= 0.3 is 0 Å². The van der Waals surface area contributed by atoms with E-state index >= 15 is 0 Å². The lowest BCUT2D eigenvalue weighted by molar-refractivity contribution is -0.131. The highest BCUT2D eigenvalue weighted by Crippen LogP contribution is 2.33. The van der Waals surface area contributed by atoms with Crippen LogP contribution in [-0.2, 0) is 14.4 Å². The summed E-state index contributed by atoms with van der Waals surface area (Å²) < 4.78 is 0. The molecule has 1 fully saturated rings. The van der Waals surface area contributed by atoms with Gasteiger partial charge in [-0.3, -0.25) is 14.4 Å². The zero-order valence-electron chi connectivity index (χ0n) is 16.7. The number of hydrogen-bond acceptors (Lipinski definition) is 3. The van der Waals surface area contributed by atoms with Gasteiger partial charge in [0.25, 0.3) is 0 Å². The van der Waals surface area contributed by atoms with Crippen molar-refractivity contribution >= 4 is 23.4 Å². The Morgan fingerprint density at radius 3 is 2.48 bits per heavy atom. The van der Waals surface area contributed by atoms with E-state index in [0.29, 0.717) is 12.5 Å². The minimum absolute atomic E-state index is 0.0502. The molecule has 0 aromatic heterocycles. The molecule has 2 rings (SSSR count). The Bertz CT molecular complexity index is 704. The normalized spacial score (nSPS) is 20.2. The second-order valence-electron chi connectivity index (χ2n) is 7.55. The molecule has 1 saturated heterocycles. The van der Waals surface area contributed by atoms with Crippen LogP contribution in [0, 0.1) is 11.8 Å². The largest absolute Gasteiger partial charge is 0.368 e. The first-order chi connectivity index (χ1) is 12.8. The number of para-hydroxylation sites is 1. The summed E-state index contributed by atoms with van der Waals surface area (Å²) >= 11 is 0. The number of nitrogens with zero attached hydrogens (tertiary/aromatic N) is 1. The Labute approximate surface area is 161 Å². The molecule has 1 aromatic carbocycles. The minimum atomic E-state index is -0.709. The Balaban J connectivity index is 2.16. The van der Waals surface area contributed by atoms with Crippen LogP contribution in [0.15, 0.2) is 24.3 Å². The maximum Gasteiger partial charge on any atom is 0.240 e. The van der Waals surface area contributed by atoms with E-state index in [2.05, 4.69) is 19.2 Å². The third-order valence-corrected chi connectivity index (χ3v) is 5.68. The number of carbonyl (C=O) groups is 3. The molecule has 1 aliphatic rings. The number of carbonyl (C=O) groups excluding carboxylic acids is 3. The zero-order chi connectivity index (χ0) is 20.1. The van der Waals surface area contributed by atoms with Crippen LogP contribution in [0.2, 0.25) is 0 Å². The molecule has 0 aliphatic carbocycles. The second-order valence-corrected chi connectivity index (χ2v) is 7.55. The molecule has 0 radical (unpaired) electrons. The van der Waals surface area contributed by atoms with Crippen LogP contribution in [0.1, 0.15) is 58.4 Å². The predicted molar refractivity (Wildman–Crippen MR) is 106 cm³/mol. The molecular weight excluding hydrogens is 342 g/mol. The number of anilines is 1. The molecule has 0 saturated carbocycles. The molecule has 4 unspecified atom stereocenters. The summed E-state index contributed by atoms with van der Waals surface area (Å²) in [6, 6.07) is 7.15. The average molecular weight is 373 g/mol. The molecule has 1 aromatic rings. The molecule has 1 heterocycles. The molecule has 6 nitrogen and oxygen atoms in total. The van der Waals surface area contributed by atoms with Crippen molar-refractivity contribution in [3.63, 3.8) is 0 Å². The number of primary amides is 1. The Morgan fingerprint density at radius 1 is 1.22 bits per heavy atom. The Hall–Kier alpha value is -2.37. The van der Waals surface area contributed by atoms with E-state index in [4.69, 9.17) is 5.73 Å². The third kappa shape index (κ3) is 4.67. The van der Waals surface area contributed by atoms with E-state index < -0.39 is 17.9 Å². The standard InChI is InChI=1S/C21H31N3O3/c1-5-13(3)16-9-7-8-10-17(16)24-12-15(11-18(24)25)21(27)23-19(20(22)26)14(4)6-2/h7-10,13-15,19H,5-6,11-12H2,1-4H3,(H2,22,26)(H,23,27). The molecule has 148 valence electrons. The fraction of sp³-hybridized carbons (Fsp3) is 0.571. The lowest BCUT2D eigenvalue weighted by Crippen LogP contribution is -2.50. The summed E-state index contributed by atoms with van der Waals surface area (Å²) in [5, 5.41) is 2.76. The Morgan fingerprint density at radius 2 is 1.89 bits per heavy atom. The van der Waals surface area contributed by atoms with Crippen molar-refractivity contribution in [3.05, 3.63) is 29.8 Å². The smallest absolute Gasteiger partial charge is 0.240 e. The fourth-order valence-electron chi connectivity index (χ4n) is 3.49. The first kappa shape index (κ1) is 20.9. The van der Waals surface area contributed by atoms with E-state index in [9.17, 15) is 14.4 Å². The summed E-state index contributed by atoms with van der Waals surface area (Å²) in [5.74, 6) is -1.09. The van der Waals surface area contributed by atoms with Crippen LogP contribution in [0.25, 0.3) is 0 Å². The summed E-state index contributed by atoms with van der Waals surface area (Å²) in [7, 11) is 0. The quantitative estimate of drug-likeness (QED) is 0.733. The SMILES string of the molecule is CCC(C)c1ccccc1N1CC(C(=O)NC(C(N)=O)C(C)CC)CC1=O. The topological polar surface area (TPSA) is 92.5 Å². The van der Waals surface area contributed by atoms with Crippen molar-refractivity contribution in [3.8, 4) is 0 Å². The molecule has 3 amide bonds. The van der Waals surface area contributed by atoms with Crippen LogP contribution >= 0.6 is 0 Å². The maximum atomic E-state index is 12.7. The monoisotopic (exact) mass is 373 g/mol. The van der Waals surface area contributed by atoms with Gasteiger partial charge in [0.2, 0.25) is 17.7 Å². The van der Waals surface area contributed by atoms with Crippen molar-refractivity contribution in [1.82, 2.24) is 5.32 Å². The number of rotatable bonds is 8. The molecule has 4 atom stereocenters.